The maximum atomic E-state index is 2.44. The fraction of sp³-hybridized carbons (Fsp3) is 0. The number of nitrogens with zero attached hydrogens (tertiary/aromatic N) is 2. The number of benzene rings is 9. The van der Waals surface area contributed by atoms with Crippen LogP contribution in [0.5, 0.6) is 0 Å². The van der Waals surface area contributed by atoms with Crippen LogP contribution < -0.4 is 4.90 Å². The van der Waals surface area contributed by atoms with Crippen LogP contribution in [-0.2, 0) is 0 Å². The minimum absolute atomic E-state index is 1.09. The second-order valence-corrected chi connectivity index (χ2v) is 14.1. The van der Waals surface area contributed by atoms with Crippen molar-refractivity contribution in [2.75, 3.05) is 4.90 Å². The molecule has 10 aromatic rings. The molecule has 0 bridgehead atoms. The molecule has 264 valence electrons. The first-order valence-corrected chi connectivity index (χ1v) is 19.2. The van der Waals surface area contributed by atoms with Crippen molar-refractivity contribution in [3.05, 3.63) is 231 Å². The van der Waals surface area contributed by atoms with Crippen LogP contribution in [0.4, 0.5) is 17.1 Å². The summed E-state index contributed by atoms with van der Waals surface area (Å²) in [7, 11) is 0. The summed E-state index contributed by atoms with van der Waals surface area (Å²) >= 11 is 0. The summed E-state index contributed by atoms with van der Waals surface area (Å²) in [5.41, 5.74) is 16.3. The Bertz CT molecular complexity index is 2860. The molecule has 0 atom stereocenters. The van der Waals surface area contributed by atoms with E-state index in [1.165, 1.54) is 60.8 Å². The Morgan fingerprint density at radius 1 is 0.304 bits per heavy atom. The van der Waals surface area contributed by atoms with Gasteiger partial charge in [0, 0.05) is 33.3 Å². The second-order valence-electron chi connectivity index (χ2n) is 14.1. The number of para-hydroxylation sites is 3. The zero-order valence-electron chi connectivity index (χ0n) is 30.8. The van der Waals surface area contributed by atoms with Crippen LogP contribution in [0.2, 0.25) is 0 Å². The van der Waals surface area contributed by atoms with E-state index in [1.54, 1.807) is 0 Å². The maximum Gasteiger partial charge on any atom is 0.0547 e. The predicted octanol–water partition coefficient (Wildman–Crippen LogP) is 14.9. The Hall–Kier alpha value is -7.42. The molecule has 0 aliphatic heterocycles. The van der Waals surface area contributed by atoms with Crippen LogP contribution in [0.15, 0.2) is 231 Å². The predicted molar refractivity (Wildman–Crippen MR) is 237 cm³/mol. The van der Waals surface area contributed by atoms with E-state index >= 15 is 0 Å². The number of rotatable bonds is 8. The van der Waals surface area contributed by atoms with E-state index in [4.69, 9.17) is 0 Å². The van der Waals surface area contributed by atoms with Gasteiger partial charge in [0.1, 0.15) is 0 Å². The summed E-state index contributed by atoms with van der Waals surface area (Å²) < 4.78 is 2.42. The third kappa shape index (κ3) is 5.95. The molecule has 0 fully saturated rings. The normalized spacial score (nSPS) is 11.2. The summed E-state index contributed by atoms with van der Waals surface area (Å²) in [4.78, 5) is 2.44. The van der Waals surface area contributed by atoms with E-state index in [2.05, 4.69) is 240 Å². The van der Waals surface area contributed by atoms with Gasteiger partial charge in [-0.15, -0.1) is 0 Å². The number of aromatic nitrogens is 1. The SMILES string of the molecule is c1ccc(-c2ccc3c4c(-c5cccc(N(c6ccccc6-c6ccccc6)c6ccccc6-c6ccccc6)c5)cccc4n(-c4ccccc4)c3c2)cc1. The Morgan fingerprint density at radius 2 is 0.804 bits per heavy atom. The van der Waals surface area contributed by atoms with E-state index in [-0.39, 0.29) is 0 Å². The van der Waals surface area contributed by atoms with Crippen molar-refractivity contribution in [2.45, 2.75) is 0 Å². The number of hydrogen-bond donors (Lipinski definition) is 0. The summed E-state index contributed by atoms with van der Waals surface area (Å²) in [6.07, 6.45) is 0. The van der Waals surface area contributed by atoms with Crippen molar-refractivity contribution in [3.8, 4) is 50.2 Å². The van der Waals surface area contributed by atoms with Gasteiger partial charge in [0.2, 0.25) is 0 Å². The van der Waals surface area contributed by atoms with Gasteiger partial charge in [-0.1, -0.05) is 182 Å². The number of fused-ring (bicyclic) bond motifs is 3. The van der Waals surface area contributed by atoms with Gasteiger partial charge in [0.15, 0.2) is 0 Å². The molecule has 0 radical (unpaired) electrons. The first-order chi connectivity index (χ1) is 27.8. The lowest BCUT2D eigenvalue weighted by molar-refractivity contribution is 1.18. The Kier molecular flexibility index (Phi) is 8.55. The zero-order chi connectivity index (χ0) is 37.3. The lowest BCUT2D eigenvalue weighted by Gasteiger charge is -2.30. The van der Waals surface area contributed by atoms with E-state index in [0.29, 0.717) is 0 Å². The van der Waals surface area contributed by atoms with E-state index in [0.717, 1.165) is 28.3 Å². The molecular weight excluding hydrogens is 677 g/mol. The van der Waals surface area contributed by atoms with Crippen molar-refractivity contribution in [3.63, 3.8) is 0 Å². The second kappa shape index (κ2) is 14.4. The summed E-state index contributed by atoms with van der Waals surface area (Å²) in [5.74, 6) is 0. The summed E-state index contributed by atoms with van der Waals surface area (Å²) in [5, 5.41) is 2.47. The van der Waals surface area contributed by atoms with Crippen molar-refractivity contribution < 1.29 is 0 Å². The van der Waals surface area contributed by atoms with Crippen molar-refractivity contribution in [1.82, 2.24) is 4.57 Å². The smallest absolute Gasteiger partial charge is 0.0547 e. The minimum atomic E-state index is 1.09. The highest BCUT2D eigenvalue weighted by atomic mass is 15.1. The quantitative estimate of drug-likeness (QED) is 0.152. The van der Waals surface area contributed by atoms with Gasteiger partial charge in [-0.3, -0.25) is 0 Å². The summed E-state index contributed by atoms with van der Waals surface area (Å²) in [6, 6.07) is 83.1. The third-order valence-electron chi connectivity index (χ3n) is 10.8. The molecule has 0 spiro atoms. The van der Waals surface area contributed by atoms with E-state index in [9.17, 15) is 0 Å². The van der Waals surface area contributed by atoms with Crippen LogP contribution in [0, 0.1) is 0 Å². The first kappa shape index (κ1) is 33.2. The molecule has 9 aromatic carbocycles. The van der Waals surface area contributed by atoms with Crippen molar-refractivity contribution in [2.24, 2.45) is 0 Å². The summed E-state index contributed by atoms with van der Waals surface area (Å²) in [6.45, 7) is 0. The highest BCUT2D eigenvalue weighted by molar-refractivity contribution is 6.16. The molecule has 0 aliphatic rings. The van der Waals surface area contributed by atoms with E-state index in [1.807, 2.05) is 0 Å². The maximum absolute atomic E-state index is 2.44. The van der Waals surface area contributed by atoms with E-state index < -0.39 is 0 Å². The van der Waals surface area contributed by atoms with Gasteiger partial charge >= 0.3 is 0 Å². The largest absolute Gasteiger partial charge is 0.309 e. The monoisotopic (exact) mass is 714 g/mol. The molecule has 1 heterocycles. The topological polar surface area (TPSA) is 8.17 Å². The van der Waals surface area contributed by atoms with Gasteiger partial charge in [0.25, 0.3) is 0 Å². The standard InChI is InChI=1S/C54H38N2/c1-5-19-39(20-6-1)42-35-36-49-53(38-42)55(44-26-11-4-12-27-44)52-34-18-31-48(54(49)52)43-25-17-28-45(37-43)56(50-32-15-13-29-46(50)40-21-7-2-8-22-40)51-33-16-14-30-47(51)41-23-9-3-10-24-41/h1-38H. The molecule has 2 nitrogen and oxygen atoms in total. The molecule has 56 heavy (non-hydrogen) atoms. The molecule has 0 saturated carbocycles. The lowest BCUT2D eigenvalue weighted by atomic mass is 9.96. The van der Waals surface area contributed by atoms with Gasteiger partial charge in [-0.05, 0) is 81.9 Å². The average Bonchev–Trinajstić information content (AvgIpc) is 3.62. The molecule has 0 amide bonds. The van der Waals surface area contributed by atoms with Crippen LogP contribution in [0.25, 0.3) is 72.0 Å². The van der Waals surface area contributed by atoms with Crippen LogP contribution in [-0.4, -0.2) is 4.57 Å². The minimum Gasteiger partial charge on any atom is -0.309 e. The molecular formula is C54H38N2. The fourth-order valence-corrected chi connectivity index (χ4v) is 8.25. The molecule has 0 saturated heterocycles. The van der Waals surface area contributed by atoms with Gasteiger partial charge in [0.05, 0.1) is 22.4 Å². The fourth-order valence-electron chi connectivity index (χ4n) is 8.25. The first-order valence-electron chi connectivity index (χ1n) is 19.2. The van der Waals surface area contributed by atoms with Crippen LogP contribution >= 0.6 is 0 Å². The highest BCUT2D eigenvalue weighted by Gasteiger charge is 2.22. The van der Waals surface area contributed by atoms with Crippen LogP contribution in [0.3, 0.4) is 0 Å². The Morgan fingerprint density at radius 3 is 1.43 bits per heavy atom. The molecule has 1 aromatic heterocycles. The zero-order valence-corrected chi connectivity index (χ0v) is 30.8. The molecule has 0 unspecified atom stereocenters. The third-order valence-corrected chi connectivity index (χ3v) is 10.8. The van der Waals surface area contributed by atoms with Gasteiger partial charge in [-0.25, -0.2) is 0 Å². The van der Waals surface area contributed by atoms with Crippen molar-refractivity contribution >= 4 is 38.9 Å². The molecule has 2 heteroatoms. The molecule has 0 aliphatic carbocycles. The highest BCUT2D eigenvalue weighted by Crippen LogP contribution is 2.46. The average molecular weight is 715 g/mol. The lowest BCUT2D eigenvalue weighted by Crippen LogP contribution is -2.12. The van der Waals surface area contributed by atoms with Gasteiger partial charge < -0.3 is 9.47 Å². The van der Waals surface area contributed by atoms with Crippen molar-refractivity contribution in [1.29, 1.82) is 0 Å². The number of anilines is 3. The molecule has 10 rings (SSSR count). The molecule has 0 N–H and O–H groups in total. The van der Waals surface area contributed by atoms with Crippen LogP contribution in [0.1, 0.15) is 0 Å². The Labute approximate surface area is 327 Å². The number of hydrogen-bond acceptors (Lipinski definition) is 1. The Balaban J connectivity index is 1.21. The van der Waals surface area contributed by atoms with Gasteiger partial charge in [-0.2, -0.15) is 0 Å².